The SMILES string of the molecule is Cc1cnc(C(=O)N2CCC(n3nccc3NC(=O)CCOc3ccccc3)CC2)cn1. The highest BCUT2D eigenvalue weighted by Gasteiger charge is 2.27. The summed E-state index contributed by atoms with van der Waals surface area (Å²) < 4.78 is 7.43. The van der Waals surface area contributed by atoms with Gasteiger partial charge < -0.3 is 15.0 Å². The molecule has 32 heavy (non-hydrogen) atoms. The fraction of sp³-hybridized carbons (Fsp3) is 0.348. The largest absolute Gasteiger partial charge is 0.493 e. The Balaban J connectivity index is 1.27. The predicted octanol–water partition coefficient (Wildman–Crippen LogP) is 2.87. The number of carbonyl (C=O) groups is 2. The van der Waals surface area contributed by atoms with Crippen LogP contribution in [0.15, 0.2) is 55.0 Å². The number of carbonyl (C=O) groups excluding carboxylic acids is 2. The molecule has 2 amide bonds. The lowest BCUT2D eigenvalue weighted by atomic mass is 10.0. The molecule has 9 nitrogen and oxygen atoms in total. The van der Waals surface area contributed by atoms with Crippen LogP contribution in [-0.2, 0) is 4.79 Å². The zero-order valence-electron chi connectivity index (χ0n) is 18.0. The van der Waals surface area contributed by atoms with Crippen molar-refractivity contribution in [3.63, 3.8) is 0 Å². The van der Waals surface area contributed by atoms with Gasteiger partial charge in [0, 0.05) is 25.4 Å². The van der Waals surface area contributed by atoms with Gasteiger partial charge in [-0.2, -0.15) is 5.10 Å². The third kappa shape index (κ3) is 5.29. The Bertz CT molecular complexity index is 1040. The minimum atomic E-state index is -0.131. The van der Waals surface area contributed by atoms with Crippen LogP contribution in [-0.4, -0.2) is 56.2 Å². The standard InChI is InChI=1S/C23H26N6O3/c1-17-15-25-20(16-24-17)23(31)28-12-8-18(9-13-28)29-21(7-11-26-29)27-22(30)10-14-32-19-5-3-2-4-6-19/h2-7,11,15-16,18H,8-10,12-14H2,1H3,(H,27,30). The molecular formula is C23H26N6O3. The number of anilines is 1. The van der Waals surface area contributed by atoms with E-state index >= 15 is 0 Å². The number of benzene rings is 1. The number of piperidine rings is 1. The van der Waals surface area contributed by atoms with E-state index in [-0.39, 0.29) is 24.3 Å². The van der Waals surface area contributed by atoms with Crippen LogP contribution in [0.25, 0.3) is 0 Å². The number of hydrogen-bond donors (Lipinski definition) is 1. The smallest absolute Gasteiger partial charge is 0.274 e. The molecule has 1 aromatic carbocycles. The van der Waals surface area contributed by atoms with Gasteiger partial charge in [0.05, 0.1) is 37.2 Å². The van der Waals surface area contributed by atoms with Crippen molar-refractivity contribution in [3.8, 4) is 5.75 Å². The summed E-state index contributed by atoms with van der Waals surface area (Å²) in [5, 5.41) is 7.33. The maximum Gasteiger partial charge on any atom is 0.274 e. The van der Waals surface area contributed by atoms with Gasteiger partial charge in [-0.05, 0) is 31.9 Å². The summed E-state index contributed by atoms with van der Waals surface area (Å²) in [7, 11) is 0. The van der Waals surface area contributed by atoms with E-state index in [1.165, 1.54) is 6.20 Å². The van der Waals surface area contributed by atoms with Crippen LogP contribution < -0.4 is 10.1 Å². The number of aromatic nitrogens is 4. The average molecular weight is 435 g/mol. The third-order valence-electron chi connectivity index (χ3n) is 5.38. The maximum atomic E-state index is 12.7. The Labute approximate surface area is 186 Å². The minimum absolute atomic E-state index is 0.106. The molecule has 0 saturated carbocycles. The van der Waals surface area contributed by atoms with Crippen LogP contribution in [0, 0.1) is 6.92 Å². The van der Waals surface area contributed by atoms with E-state index in [0.717, 1.165) is 24.3 Å². The van der Waals surface area contributed by atoms with Crippen LogP contribution >= 0.6 is 0 Å². The lowest BCUT2D eigenvalue weighted by Gasteiger charge is -2.32. The number of aryl methyl sites for hydroxylation is 1. The monoisotopic (exact) mass is 434 g/mol. The molecule has 0 spiro atoms. The quantitative estimate of drug-likeness (QED) is 0.613. The molecule has 2 aromatic heterocycles. The molecule has 3 aromatic rings. The first-order valence-electron chi connectivity index (χ1n) is 10.7. The molecule has 1 saturated heterocycles. The van der Waals surface area contributed by atoms with Gasteiger partial charge in [-0.3, -0.25) is 14.6 Å². The topological polar surface area (TPSA) is 102 Å². The average Bonchev–Trinajstić information content (AvgIpc) is 3.28. The Morgan fingerprint density at radius 3 is 2.59 bits per heavy atom. The van der Waals surface area contributed by atoms with Gasteiger partial charge in [-0.25, -0.2) is 9.67 Å². The van der Waals surface area contributed by atoms with Crippen molar-refractivity contribution in [2.45, 2.75) is 32.2 Å². The van der Waals surface area contributed by atoms with Gasteiger partial charge >= 0.3 is 0 Å². The molecule has 9 heteroatoms. The summed E-state index contributed by atoms with van der Waals surface area (Å²) >= 11 is 0. The third-order valence-corrected chi connectivity index (χ3v) is 5.38. The first-order chi connectivity index (χ1) is 15.6. The number of rotatable bonds is 7. The number of hydrogen-bond acceptors (Lipinski definition) is 6. The normalized spacial score (nSPS) is 14.2. The Hall–Kier alpha value is -3.75. The second kappa shape index (κ2) is 10.0. The molecule has 166 valence electrons. The first-order valence-corrected chi connectivity index (χ1v) is 10.7. The summed E-state index contributed by atoms with van der Waals surface area (Å²) in [6, 6.07) is 11.3. The van der Waals surface area contributed by atoms with E-state index in [1.807, 2.05) is 41.9 Å². The number of likely N-dealkylation sites (tertiary alicyclic amines) is 1. The van der Waals surface area contributed by atoms with E-state index in [1.54, 1.807) is 23.4 Å². The Morgan fingerprint density at radius 1 is 1.09 bits per heavy atom. The van der Waals surface area contributed by atoms with Gasteiger partial charge in [-0.15, -0.1) is 0 Å². The zero-order chi connectivity index (χ0) is 22.3. The highest BCUT2D eigenvalue weighted by molar-refractivity contribution is 5.92. The number of nitrogens with one attached hydrogen (secondary N) is 1. The summed E-state index contributed by atoms with van der Waals surface area (Å²) in [6.07, 6.45) is 6.52. The lowest BCUT2D eigenvalue weighted by Crippen LogP contribution is -2.39. The zero-order valence-corrected chi connectivity index (χ0v) is 18.0. The van der Waals surface area contributed by atoms with Crippen molar-refractivity contribution in [3.05, 3.63) is 66.4 Å². The highest BCUT2D eigenvalue weighted by Crippen LogP contribution is 2.26. The molecule has 0 atom stereocenters. The summed E-state index contributed by atoms with van der Waals surface area (Å²) in [5.41, 5.74) is 1.14. The van der Waals surface area contributed by atoms with Crippen molar-refractivity contribution < 1.29 is 14.3 Å². The van der Waals surface area contributed by atoms with Crippen molar-refractivity contribution in [1.29, 1.82) is 0 Å². The van der Waals surface area contributed by atoms with E-state index in [0.29, 0.717) is 31.2 Å². The molecule has 0 unspecified atom stereocenters. The van der Waals surface area contributed by atoms with Crippen molar-refractivity contribution in [1.82, 2.24) is 24.6 Å². The van der Waals surface area contributed by atoms with Crippen molar-refractivity contribution >= 4 is 17.6 Å². The molecular weight excluding hydrogens is 408 g/mol. The van der Waals surface area contributed by atoms with Crippen molar-refractivity contribution in [2.24, 2.45) is 0 Å². The van der Waals surface area contributed by atoms with Crippen LogP contribution in [0.4, 0.5) is 5.82 Å². The fourth-order valence-corrected chi connectivity index (χ4v) is 3.67. The summed E-state index contributed by atoms with van der Waals surface area (Å²) in [4.78, 5) is 35.1. The second-order valence-corrected chi connectivity index (χ2v) is 7.69. The van der Waals surface area contributed by atoms with E-state index in [2.05, 4.69) is 20.4 Å². The molecule has 3 heterocycles. The van der Waals surface area contributed by atoms with Gasteiger partial charge in [0.2, 0.25) is 5.91 Å². The minimum Gasteiger partial charge on any atom is -0.493 e. The fourth-order valence-electron chi connectivity index (χ4n) is 3.67. The first kappa shape index (κ1) is 21.5. The molecule has 1 N–H and O–H groups in total. The van der Waals surface area contributed by atoms with Crippen LogP contribution in [0.3, 0.4) is 0 Å². The lowest BCUT2D eigenvalue weighted by molar-refractivity contribution is -0.116. The van der Waals surface area contributed by atoms with Crippen LogP contribution in [0.2, 0.25) is 0 Å². The molecule has 4 rings (SSSR count). The van der Waals surface area contributed by atoms with Crippen LogP contribution in [0.1, 0.15) is 41.5 Å². The Morgan fingerprint density at radius 2 is 1.88 bits per heavy atom. The molecule has 0 bridgehead atoms. The van der Waals surface area contributed by atoms with Crippen LogP contribution in [0.5, 0.6) is 5.75 Å². The molecule has 0 radical (unpaired) electrons. The molecule has 0 aliphatic carbocycles. The maximum absolute atomic E-state index is 12.7. The van der Waals surface area contributed by atoms with E-state index < -0.39 is 0 Å². The molecule has 1 aliphatic heterocycles. The van der Waals surface area contributed by atoms with Gasteiger partial charge in [0.25, 0.3) is 5.91 Å². The van der Waals surface area contributed by atoms with Gasteiger partial charge in [-0.1, -0.05) is 18.2 Å². The highest BCUT2D eigenvalue weighted by atomic mass is 16.5. The number of nitrogens with zero attached hydrogens (tertiary/aromatic N) is 5. The number of ether oxygens (including phenoxy) is 1. The van der Waals surface area contributed by atoms with E-state index in [4.69, 9.17) is 4.74 Å². The second-order valence-electron chi connectivity index (χ2n) is 7.69. The number of amides is 2. The van der Waals surface area contributed by atoms with E-state index in [9.17, 15) is 9.59 Å². The van der Waals surface area contributed by atoms with Gasteiger partial charge in [0.1, 0.15) is 17.3 Å². The summed E-state index contributed by atoms with van der Waals surface area (Å²) in [6.45, 7) is 3.32. The van der Waals surface area contributed by atoms with Gasteiger partial charge in [0.15, 0.2) is 0 Å². The Kier molecular flexibility index (Phi) is 6.74. The number of para-hydroxylation sites is 1. The molecule has 1 fully saturated rings. The molecule has 1 aliphatic rings. The summed E-state index contributed by atoms with van der Waals surface area (Å²) in [5.74, 6) is 1.16. The predicted molar refractivity (Wildman–Crippen MR) is 118 cm³/mol. The van der Waals surface area contributed by atoms with Crippen molar-refractivity contribution in [2.75, 3.05) is 25.0 Å².